The summed E-state index contributed by atoms with van der Waals surface area (Å²) in [4.78, 5) is 52.2. The van der Waals surface area contributed by atoms with Gasteiger partial charge in [-0.3, -0.25) is 20.4 Å². The number of alkyl carbamates (subject to hydrolysis) is 2. The average molecular weight is 579 g/mol. The Morgan fingerprint density at radius 3 is 1.83 bits per heavy atom. The number of unbranched alkanes of at least 4 members (excludes halogenated alkanes) is 5. The van der Waals surface area contributed by atoms with Gasteiger partial charge < -0.3 is 24.6 Å². The lowest BCUT2D eigenvalue weighted by atomic mass is 10.1. The second kappa shape index (κ2) is 17.9. The van der Waals surface area contributed by atoms with Crippen LogP contribution in [0.25, 0.3) is 0 Å². The Morgan fingerprint density at radius 1 is 0.805 bits per heavy atom. The molecule has 1 unspecified atom stereocenters. The van der Waals surface area contributed by atoms with Crippen molar-refractivity contribution in [3.05, 3.63) is 35.9 Å². The van der Waals surface area contributed by atoms with Crippen LogP contribution in [0.4, 0.5) is 9.59 Å². The minimum Gasteiger partial charge on any atom is -0.479 e. The third-order valence-corrected chi connectivity index (χ3v) is 5.11. The number of ether oxygens (including phenoxy) is 3. The van der Waals surface area contributed by atoms with Gasteiger partial charge in [-0.05, 0) is 59.9 Å². The average Bonchev–Trinajstić information content (AvgIpc) is 2.83. The number of hydrogen-bond acceptors (Lipinski definition) is 8. The first-order chi connectivity index (χ1) is 19.2. The maximum atomic E-state index is 12.2. The molecule has 0 saturated carbocycles. The third kappa shape index (κ3) is 18.3. The van der Waals surface area contributed by atoms with E-state index in [0.717, 1.165) is 37.7 Å². The van der Waals surface area contributed by atoms with Gasteiger partial charge in [0.15, 0.2) is 0 Å². The van der Waals surface area contributed by atoms with Gasteiger partial charge in [-0.2, -0.15) is 0 Å². The van der Waals surface area contributed by atoms with Crippen molar-refractivity contribution in [2.24, 2.45) is 4.99 Å². The molecule has 1 aromatic carbocycles. The molecule has 0 radical (unpaired) electrons. The Bertz CT molecular complexity index is 968. The molecule has 0 bridgehead atoms. The van der Waals surface area contributed by atoms with Crippen molar-refractivity contribution in [2.45, 2.75) is 104 Å². The Kier molecular flexibility index (Phi) is 15.4. The van der Waals surface area contributed by atoms with E-state index in [1.807, 2.05) is 18.2 Å². The van der Waals surface area contributed by atoms with Crippen LogP contribution in [0.2, 0.25) is 0 Å². The van der Waals surface area contributed by atoms with Crippen LogP contribution in [0.15, 0.2) is 35.3 Å². The predicted octanol–water partition coefficient (Wildman–Crippen LogP) is 4.52. The number of guanidine groups is 1. The monoisotopic (exact) mass is 578 g/mol. The van der Waals surface area contributed by atoms with Crippen molar-refractivity contribution in [3.63, 3.8) is 0 Å². The summed E-state index contributed by atoms with van der Waals surface area (Å²) in [6, 6.07) is 9.06. The Balaban J connectivity index is 2.34. The smallest absolute Gasteiger partial charge is 0.414 e. The third-order valence-electron chi connectivity index (χ3n) is 5.11. The van der Waals surface area contributed by atoms with E-state index in [1.165, 1.54) is 0 Å². The quantitative estimate of drug-likeness (QED) is 0.108. The highest BCUT2D eigenvalue weighted by Gasteiger charge is 2.27. The molecule has 0 fully saturated rings. The lowest BCUT2D eigenvalue weighted by Crippen LogP contribution is -2.47. The molecule has 41 heavy (non-hydrogen) atoms. The summed E-state index contributed by atoms with van der Waals surface area (Å²) in [5.41, 5.74) is -0.636. The summed E-state index contributed by atoms with van der Waals surface area (Å²) in [5.74, 6) is -2.04. The van der Waals surface area contributed by atoms with Gasteiger partial charge in [0, 0.05) is 13.1 Å². The fourth-order valence-corrected chi connectivity index (χ4v) is 3.36. The maximum absolute atomic E-state index is 12.2. The molecule has 0 aliphatic rings. The van der Waals surface area contributed by atoms with Gasteiger partial charge in [0.25, 0.3) is 5.91 Å². The molecule has 1 aromatic rings. The fourth-order valence-electron chi connectivity index (χ4n) is 3.36. The molecule has 3 amide bonds. The number of carbonyl (C=O) groups excluding carboxylic acids is 3. The standard InChI is InChI=1S/C29H46N4O8/c1-28(2,3)40-26(37)32-25(33-27(38)41-29(4,5)6)31-19-15-10-8-7-9-14-18-30-23(34)22(24(35)36)39-20-21-16-12-11-13-17-21/h11-13,16-17,22H,7-10,14-15,18-20H2,1-6H3,(H,30,34)(H,35,36)(H2,31,32,33,37,38). The number of amides is 3. The lowest BCUT2D eigenvalue weighted by molar-refractivity contribution is -0.158. The Morgan fingerprint density at radius 2 is 1.32 bits per heavy atom. The molecule has 1 atom stereocenters. The molecule has 1 rings (SSSR count). The molecule has 0 saturated heterocycles. The van der Waals surface area contributed by atoms with Crippen molar-refractivity contribution in [2.75, 3.05) is 13.1 Å². The summed E-state index contributed by atoms with van der Waals surface area (Å²) in [6.45, 7) is 11.1. The van der Waals surface area contributed by atoms with Crippen LogP contribution in [0.3, 0.4) is 0 Å². The predicted molar refractivity (Wildman–Crippen MR) is 154 cm³/mol. The molecule has 0 aliphatic carbocycles. The number of carboxylic acid groups (broad SMARTS) is 1. The van der Waals surface area contributed by atoms with Gasteiger partial charge in [-0.25, -0.2) is 14.4 Å². The molecule has 230 valence electrons. The minimum atomic E-state index is -1.56. The van der Waals surface area contributed by atoms with Crippen molar-refractivity contribution in [1.29, 1.82) is 0 Å². The summed E-state index contributed by atoms with van der Waals surface area (Å²) in [6.07, 6.45) is 1.98. The second-order valence-electron chi connectivity index (χ2n) is 11.4. The van der Waals surface area contributed by atoms with Crippen LogP contribution in [-0.2, 0) is 30.4 Å². The van der Waals surface area contributed by atoms with E-state index in [4.69, 9.17) is 14.2 Å². The summed E-state index contributed by atoms with van der Waals surface area (Å²) >= 11 is 0. The van der Waals surface area contributed by atoms with Gasteiger partial charge in [-0.1, -0.05) is 56.0 Å². The first-order valence-corrected chi connectivity index (χ1v) is 13.9. The van der Waals surface area contributed by atoms with E-state index < -0.39 is 41.4 Å². The molecular formula is C29H46N4O8. The largest absolute Gasteiger partial charge is 0.479 e. The van der Waals surface area contributed by atoms with Crippen molar-refractivity contribution in [1.82, 2.24) is 16.0 Å². The van der Waals surface area contributed by atoms with Crippen LogP contribution in [0, 0.1) is 0 Å². The van der Waals surface area contributed by atoms with Crippen molar-refractivity contribution >= 4 is 30.0 Å². The van der Waals surface area contributed by atoms with Crippen LogP contribution in [0.5, 0.6) is 0 Å². The van der Waals surface area contributed by atoms with Crippen LogP contribution in [-0.4, -0.2) is 65.5 Å². The van der Waals surface area contributed by atoms with Crippen LogP contribution < -0.4 is 16.0 Å². The molecule has 12 heteroatoms. The molecule has 0 aliphatic heterocycles. The van der Waals surface area contributed by atoms with E-state index in [1.54, 1.807) is 53.7 Å². The van der Waals surface area contributed by atoms with Crippen molar-refractivity contribution in [3.8, 4) is 0 Å². The normalized spacial score (nSPS) is 12.0. The van der Waals surface area contributed by atoms with Gasteiger partial charge in [0.1, 0.15) is 11.2 Å². The second-order valence-corrected chi connectivity index (χ2v) is 11.4. The summed E-state index contributed by atoms with van der Waals surface area (Å²) in [7, 11) is 0. The van der Waals surface area contributed by atoms with Gasteiger partial charge in [0.2, 0.25) is 12.1 Å². The Labute approximate surface area is 242 Å². The maximum Gasteiger partial charge on any atom is 0.414 e. The van der Waals surface area contributed by atoms with E-state index in [-0.39, 0.29) is 12.6 Å². The number of rotatable bonds is 14. The van der Waals surface area contributed by atoms with Gasteiger partial charge in [0.05, 0.1) is 6.61 Å². The van der Waals surface area contributed by atoms with E-state index in [2.05, 4.69) is 20.9 Å². The summed E-state index contributed by atoms with van der Waals surface area (Å²) in [5, 5.41) is 16.9. The highest BCUT2D eigenvalue weighted by atomic mass is 16.6. The Hall–Kier alpha value is -3.67. The van der Waals surface area contributed by atoms with Gasteiger partial charge in [-0.15, -0.1) is 0 Å². The number of aliphatic imine (C=N–C) groups is 1. The molecule has 12 nitrogen and oxygen atoms in total. The highest BCUT2D eigenvalue weighted by molar-refractivity contribution is 6.01. The number of carboxylic acids is 1. The number of carbonyl (C=O) groups is 4. The zero-order valence-corrected chi connectivity index (χ0v) is 25.1. The zero-order chi connectivity index (χ0) is 30.9. The molecular weight excluding hydrogens is 532 g/mol. The van der Waals surface area contributed by atoms with Crippen molar-refractivity contribution < 1.29 is 38.5 Å². The van der Waals surface area contributed by atoms with Gasteiger partial charge >= 0.3 is 18.2 Å². The minimum absolute atomic E-state index is 0.0326. The molecule has 4 N–H and O–H groups in total. The number of hydrogen-bond donors (Lipinski definition) is 4. The molecule has 0 aromatic heterocycles. The highest BCUT2D eigenvalue weighted by Crippen LogP contribution is 2.09. The molecule has 0 spiro atoms. The van der Waals surface area contributed by atoms with E-state index in [0.29, 0.717) is 19.5 Å². The SMILES string of the molecule is CC(C)(C)OC(=O)NC(=NCCCCCCCCNC(=O)C(OCc1ccccc1)C(=O)O)NC(=O)OC(C)(C)C. The number of aliphatic carboxylic acids is 1. The summed E-state index contributed by atoms with van der Waals surface area (Å²) < 4.78 is 15.8. The van der Waals surface area contributed by atoms with Crippen LogP contribution >= 0.6 is 0 Å². The van der Waals surface area contributed by atoms with Crippen LogP contribution in [0.1, 0.15) is 85.6 Å². The number of nitrogens with zero attached hydrogens (tertiary/aromatic N) is 1. The number of nitrogens with one attached hydrogen (secondary N) is 3. The van der Waals surface area contributed by atoms with E-state index in [9.17, 15) is 24.3 Å². The molecule has 0 heterocycles. The lowest BCUT2D eigenvalue weighted by Gasteiger charge is -2.22. The first-order valence-electron chi connectivity index (χ1n) is 13.9. The zero-order valence-electron chi connectivity index (χ0n) is 25.1. The number of benzene rings is 1. The fraction of sp³-hybridized carbons (Fsp3) is 0.621. The first kappa shape index (κ1) is 35.4. The van der Waals surface area contributed by atoms with E-state index >= 15 is 0 Å². The topological polar surface area (TPSA) is 165 Å².